The molecule has 2 heterocycles. The number of amides is 1. The molecule has 3 N–H and O–H groups in total. The van der Waals surface area contributed by atoms with Crippen molar-refractivity contribution in [3.63, 3.8) is 0 Å². The molecule has 1 amide bonds. The third-order valence-corrected chi connectivity index (χ3v) is 3.48. The molecule has 0 radical (unpaired) electrons. The molecule has 0 atom stereocenters. The number of hydrogen-bond acceptors (Lipinski definition) is 4. The second-order valence-electron chi connectivity index (χ2n) is 4.74. The molecule has 1 aliphatic rings. The Hall–Kier alpha value is -0.880. The summed E-state index contributed by atoms with van der Waals surface area (Å²) in [6, 6.07) is 3.63. The Kier molecular flexibility index (Phi) is 8.05. The molecule has 0 aliphatic carbocycles. The first-order chi connectivity index (χ1) is 8.66. The van der Waals surface area contributed by atoms with Gasteiger partial charge in [0.2, 0.25) is 5.91 Å². The number of rotatable bonds is 3. The van der Waals surface area contributed by atoms with E-state index in [0.717, 1.165) is 11.4 Å². The van der Waals surface area contributed by atoms with Gasteiger partial charge in [-0.25, -0.2) is 0 Å². The number of pyridine rings is 1. The average Bonchev–Trinajstić information content (AvgIpc) is 2.39. The first kappa shape index (κ1) is 19.1. The normalized spacial score (nSPS) is 16.5. The van der Waals surface area contributed by atoms with Gasteiger partial charge in [-0.3, -0.25) is 9.78 Å². The summed E-state index contributed by atoms with van der Waals surface area (Å²) in [5.74, 6) is -0.0149. The fraction of sp³-hybridized carbons (Fsp3) is 0.538. The highest BCUT2D eigenvalue weighted by Crippen LogP contribution is 2.30. The van der Waals surface area contributed by atoms with Crippen molar-refractivity contribution in [3.8, 4) is 0 Å². The summed E-state index contributed by atoms with van der Waals surface area (Å²) in [5.41, 5.74) is 6.95. The highest BCUT2D eigenvalue weighted by molar-refractivity contribution is 5.95. The van der Waals surface area contributed by atoms with E-state index in [9.17, 15) is 4.79 Å². The minimum Gasteiger partial charge on any atom is -0.381 e. The van der Waals surface area contributed by atoms with E-state index in [1.165, 1.54) is 0 Å². The summed E-state index contributed by atoms with van der Waals surface area (Å²) in [4.78, 5) is 16.5. The lowest BCUT2D eigenvalue weighted by atomic mass is 9.79. The summed E-state index contributed by atoms with van der Waals surface area (Å²) < 4.78 is 5.30. The van der Waals surface area contributed by atoms with Crippen molar-refractivity contribution in [2.75, 3.05) is 25.1 Å². The summed E-state index contributed by atoms with van der Waals surface area (Å²) in [7, 11) is 0. The molecular formula is C13H21Cl2N3O2. The highest BCUT2D eigenvalue weighted by Gasteiger charge is 2.38. The van der Waals surface area contributed by atoms with Gasteiger partial charge in [-0.2, -0.15) is 0 Å². The van der Waals surface area contributed by atoms with Gasteiger partial charge in [0.15, 0.2) is 0 Å². The number of aryl methyl sites for hydroxylation is 1. The molecule has 0 unspecified atom stereocenters. The molecular weight excluding hydrogens is 301 g/mol. The van der Waals surface area contributed by atoms with Gasteiger partial charge in [0, 0.05) is 37.3 Å². The number of anilines is 1. The Labute approximate surface area is 131 Å². The molecule has 1 aromatic rings. The molecule has 5 nitrogen and oxygen atoms in total. The Bertz CT molecular complexity index is 437. The van der Waals surface area contributed by atoms with E-state index in [2.05, 4.69) is 10.3 Å². The van der Waals surface area contributed by atoms with E-state index in [1.54, 1.807) is 12.3 Å². The number of nitrogens with two attached hydrogens (primary N) is 1. The van der Waals surface area contributed by atoms with E-state index in [0.29, 0.717) is 32.6 Å². The molecule has 0 spiro atoms. The van der Waals surface area contributed by atoms with Crippen molar-refractivity contribution in [1.29, 1.82) is 0 Å². The van der Waals surface area contributed by atoms with Gasteiger partial charge in [0.05, 0.1) is 5.41 Å². The number of halogens is 2. The number of nitrogens with zero attached hydrogens (tertiary/aromatic N) is 1. The van der Waals surface area contributed by atoms with Gasteiger partial charge in [-0.15, -0.1) is 24.8 Å². The predicted octanol–water partition coefficient (Wildman–Crippen LogP) is 1.93. The minimum absolute atomic E-state index is 0. The molecule has 114 valence electrons. The number of ether oxygens (including phenoxy) is 1. The Morgan fingerprint density at radius 2 is 2.10 bits per heavy atom. The van der Waals surface area contributed by atoms with Gasteiger partial charge in [0.1, 0.15) is 0 Å². The van der Waals surface area contributed by atoms with Crippen LogP contribution in [0.15, 0.2) is 18.3 Å². The van der Waals surface area contributed by atoms with E-state index in [1.807, 2.05) is 13.0 Å². The van der Waals surface area contributed by atoms with E-state index in [4.69, 9.17) is 10.5 Å². The summed E-state index contributed by atoms with van der Waals surface area (Å²) in [5, 5.41) is 2.93. The largest absolute Gasteiger partial charge is 0.381 e. The molecule has 20 heavy (non-hydrogen) atoms. The van der Waals surface area contributed by atoms with Crippen molar-refractivity contribution in [2.45, 2.75) is 19.8 Å². The monoisotopic (exact) mass is 321 g/mol. The molecule has 2 rings (SSSR count). The number of aromatic nitrogens is 1. The topological polar surface area (TPSA) is 77.2 Å². The van der Waals surface area contributed by atoms with Gasteiger partial charge in [-0.05, 0) is 31.9 Å². The molecule has 0 bridgehead atoms. The standard InChI is InChI=1S/C13H19N3O2.2ClH/c1-10-8-11(2-5-15-10)16-12(17)13(9-14)3-6-18-7-4-13;;/h2,5,8H,3-4,6-7,9,14H2,1H3,(H,15,16,17);2*1H. The summed E-state index contributed by atoms with van der Waals surface area (Å²) in [6.07, 6.45) is 3.04. The van der Waals surface area contributed by atoms with Crippen LogP contribution >= 0.6 is 24.8 Å². The molecule has 1 aliphatic heterocycles. The van der Waals surface area contributed by atoms with Crippen LogP contribution in [0.2, 0.25) is 0 Å². The first-order valence-corrected chi connectivity index (χ1v) is 6.18. The Morgan fingerprint density at radius 1 is 1.45 bits per heavy atom. The van der Waals surface area contributed by atoms with Crippen molar-refractivity contribution < 1.29 is 9.53 Å². The van der Waals surface area contributed by atoms with Crippen LogP contribution in [0.25, 0.3) is 0 Å². The maximum atomic E-state index is 12.4. The van der Waals surface area contributed by atoms with Crippen LogP contribution in [0.5, 0.6) is 0 Å². The zero-order valence-corrected chi connectivity index (χ0v) is 13.1. The van der Waals surface area contributed by atoms with Gasteiger partial charge in [0.25, 0.3) is 0 Å². The lowest BCUT2D eigenvalue weighted by Crippen LogP contribution is -2.46. The van der Waals surface area contributed by atoms with E-state index in [-0.39, 0.29) is 30.7 Å². The molecule has 0 aromatic carbocycles. The first-order valence-electron chi connectivity index (χ1n) is 6.18. The van der Waals surface area contributed by atoms with E-state index >= 15 is 0 Å². The lowest BCUT2D eigenvalue weighted by Gasteiger charge is -2.34. The molecule has 1 fully saturated rings. The van der Waals surface area contributed by atoms with Crippen LogP contribution in [0.1, 0.15) is 18.5 Å². The number of carbonyl (C=O) groups excluding carboxylic acids is 1. The number of carbonyl (C=O) groups is 1. The van der Waals surface area contributed by atoms with Crippen molar-refractivity contribution in [1.82, 2.24) is 4.98 Å². The van der Waals surface area contributed by atoms with Crippen LogP contribution in [0.3, 0.4) is 0 Å². The predicted molar refractivity (Wildman–Crippen MR) is 83.6 cm³/mol. The third-order valence-electron chi connectivity index (χ3n) is 3.48. The number of nitrogens with one attached hydrogen (secondary N) is 1. The zero-order chi connectivity index (χ0) is 13.0. The lowest BCUT2D eigenvalue weighted by molar-refractivity contribution is -0.130. The molecule has 1 aromatic heterocycles. The van der Waals surface area contributed by atoms with Crippen LogP contribution in [-0.4, -0.2) is 30.6 Å². The second kappa shape index (κ2) is 8.42. The van der Waals surface area contributed by atoms with Gasteiger partial charge >= 0.3 is 0 Å². The van der Waals surface area contributed by atoms with Crippen LogP contribution in [0.4, 0.5) is 5.69 Å². The highest BCUT2D eigenvalue weighted by atomic mass is 35.5. The number of hydrogen-bond donors (Lipinski definition) is 2. The van der Waals surface area contributed by atoms with Gasteiger partial charge in [-0.1, -0.05) is 0 Å². The minimum atomic E-state index is -0.491. The molecule has 0 saturated carbocycles. The Balaban J connectivity index is 0.00000180. The zero-order valence-electron chi connectivity index (χ0n) is 11.4. The van der Waals surface area contributed by atoms with Crippen LogP contribution in [0, 0.1) is 12.3 Å². The van der Waals surface area contributed by atoms with Gasteiger partial charge < -0.3 is 15.8 Å². The SMILES string of the molecule is Cc1cc(NC(=O)C2(CN)CCOCC2)ccn1.Cl.Cl. The smallest absolute Gasteiger partial charge is 0.232 e. The van der Waals surface area contributed by atoms with Crippen LogP contribution < -0.4 is 11.1 Å². The van der Waals surface area contributed by atoms with Crippen molar-refractivity contribution in [3.05, 3.63) is 24.0 Å². The van der Waals surface area contributed by atoms with Crippen LogP contribution in [-0.2, 0) is 9.53 Å². The third kappa shape index (κ3) is 4.31. The maximum Gasteiger partial charge on any atom is 0.232 e. The summed E-state index contributed by atoms with van der Waals surface area (Å²) in [6.45, 7) is 3.44. The van der Waals surface area contributed by atoms with Crippen molar-refractivity contribution >= 4 is 36.4 Å². The fourth-order valence-electron chi connectivity index (χ4n) is 2.17. The second-order valence-corrected chi connectivity index (χ2v) is 4.74. The molecule has 7 heteroatoms. The quantitative estimate of drug-likeness (QED) is 0.891. The van der Waals surface area contributed by atoms with Crippen molar-refractivity contribution in [2.24, 2.45) is 11.1 Å². The van der Waals surface area contributed by atoms with E-state index < -0.39 is 5.41 Å². The maximum absolute atomic E-state index is 12.4. The molecule has 1 saturated heterocycles. The average molecular weight is 322 g/mol. The Morgan fingerprint density at radius 3 is 2.65 bits per heavy atom. The summed E-state index contributed by atoms with van der Waals surface area (Å²) >= 11 is 0. The fourth-order valence-corrected chi connectivity index (χ4v) is 2.17.